The average Bonchev–Trinajstić information content (AvgIpc) is 3.19. The average molecular weight is 471 g/mol. The molecule has 33 heavy (non-hydrogen) atoms. The molecular formula is C22H20F2N6O2S. The third-order valence-corrected chi connectivity index (χ3v) is 5.68. The van der Waals surface area contributed by atoms with Gasteiger partial charge in [-0.1, -0.05) is 18.2 Å². The number of pyridine rings is 1. The molecule has 2 atom stereocenters. The van der Waals surface area contributed by atoms with Crippen LogP contribution < -0.4 is 15.5 Å². The summed E-state index contributed by atoms with van der Waals surface area (Å²) in [6.07, 6.45) is 3.16. The van der Waals surface area contributed by atoms with Gasteiger partial charge in [-0.3, -0.25) is 15.1 Å². The van der Waals surface area contributed by atoms with E-state index in [4.69, 9.17) is 12.2 Å². The number of halogens is 2. The molecule has 3 heterocycles. The number of aliphatic hydroxyl groups excluding tert-OH is 1. The van der Waals surface area contributed by atoms with Crippen molar-refractivity contribution in [3.05, 3.63) is 83.9 Å². The predicted octanol–water partition coefficient (Wildman–Crippen LogP) is 1.78. The van der Waals surface area contributed by atoms with Crippen LogP contribution in [0.2, 0.25) is 0 Å². The van der Waals surface area contributed by atoms with Gasteiger partial charge >= 0.3 is 0 Å². The van der Waals surface area contributed by atoms with Crippen LogP contribution in [0.25, 0.3) is 0 Å². The maximum absolute atomic E-state index is 13.6. The Labute approximate surface area is 193 Å². The Morgan fingerprint density at radius 2 is 1.79 bits per heavy atom. The van der Waals surface area contributed by atoms with Crippen LogP contribution in [0.1, 0.15) is 16.1 Å². The third-order valence-electron chi connectivity index (χ3n) is 5.47. The molecule has 1 aliphatic rings. The van der Waals surface area contributed by atoms with Crippen molar-refractivity contribution in [1.29, 1.82) is 0 Å². The van der Waals surface area contributed by atoms with Crippen molar-refractivity contribution in [1.82, 2.24) is 25.6 Å². The van der Waals surface area contributed by atoms with E-state index in [9.17, 15) is 18.7 Å². The summed E-state index contributed by atoms with van der Waals surface area (Å²) in [7, 11) is 0. The van der Waals surface area contributed by atoms with Gasteiger partial charge in [0.25, 0.3) is 5.91 Å². The number of nitrogens with one attached hydrogen (secondary N) is 2. The summed E-state index contributed by atoms with van der Waals surface area (Å²) in [5.74, 6) is -1.75. The fraction of sp³-hybridized carbons (Fsp3) is 0.227. The van der Waals surface area contributed by atoms with E-state index in [2.05, 4.69) is 25.6 Å². The molecule has 1 amide bonds. The van der Waals surface area contributed by atoms with Crippen LogP contribution >= 0.6 is 12.2 Å². The lowest BCUT2D eigenvalue weighted by molar-refractivity contribution is 0.0975. The van der Waals surface area contributed by atoms with Crippen molar-refractivity contribution in [3.8, 4) is 0 Å². The molecule has 1 saturated heterocycles. The number of aromatic nitrogens is 3. The lowest BCUT2D eigenvalue weighted by atomic mass is 9.84. The number of amides is 1. The molecule has 0 radical (unpaired) electrons. The number of thiocarbonyl (C=S) groups is 1. The number of hydrogen-bond donors (Lipinski definition) is 3. The molecule has 0 aliphatic carbocycles. The summed E-state index contributed by atoms with van der Waals surface area (Å²) in [4.78, 5) is 26.5. The molecule has 0 bridgehead atoms. The van der Waals surface area contributed by atoms with Gasteiger partial charge in [-0.2, -0.15) is 0 Å². The zero-order chi connectivity index (χ0) is 23.4. The second kappa shape index (κ2) is 9.51. The van der Waals surface area contributed by atoms with E-state index >= 15 is 0 Å². The van der Waals surface area contributed by atoms with E-state index in [1.165, 1.54) is 12.1 Å². The number of carbonyl (C=O) groups is 1. The zero-order valence-corrected chi connectivity index (χ0v) is 18.1. The van der Waals surface area contributed by atoms with Gasteiger partial charge in [0, 0.05) is 18.0 Å². The van der Waals surface area contributed by atoms with Crippen molar-refractivity contribution in [2.45, 2.75) is 5.54 Å². The largest absolute Gasteiger partial charge is 0.396 e. The Kier molecular flexibility index (Phi) is 6.52. The van der Waals surface area contributed by atoms with Crippen LogP contribution in [0.4, 0.5) is 14.7 Å². The Bertz CT molecular complexity index is 1130. The van der Waals surface area contributed by atoms with Crippen LogP contribution in [0.3, 0.4) is 0 Å². The van der Waals surface area contributed by atoms with Gasteiger partial charge < -0.3 is 15.3 Å². The first-order valence-corrected chi connectivity index (χ1v) is 10.5. The quantitative estimate of drug-likeness (QED) is 0.485. The van der Waals surface area contributed by atoms with E-state index in [1.807, 2.05) is 0 Å². The predicted molar refractivity (Wildman–Crippen MR) is 120 cm³/mol. The molecule has 1 aromatic carbocycles. The van der Waals surface area contributed by atoms with Gasteiger partial charge in [-0.05, 0) is 36.5 Å². The number of carbonyl (C=O) groups excluding carboxylic acids is 1. The zero-order valence-electron chi connectivity index (χ0n) is 17.3. The van der Waals surface area contributed by atoms with Gasteiger partial charge in [0.15, 0.2) is 10.9 Å². The van der Waals surface area contributed by atoms with Crippen molar-refractivity contribution in [2.75, 3.05) is 24.6 Å². The molecule has 170 valence electrons. The third kappa shape index (κ3) is 4.78. The van der Waals surface area contributed by atoms with Gasteiger partial charge in [-0.25, -0.2) is 18.7 Å². The Morgan fingerprint density at radius 3 is 2.42 bits per heavy atom. The standard InChI is InChI=1S/C22H20F2N6O2S/c23-16-6-7-18(25-8-16)22(29-21(33)28-19(32)14-4-2-1-3-5-14)13-30(11-15(22)12-31)20-26-9-17(24)10-27-20/h1-10,15,31H,11-13H2,(H2,28,29,32,33). The smallest absolute Gasteiger partial charge is 0.257 e. The summed E-state index contributed by atoms with van der Waals surface area (Å²) >= 11 is 5.41. The van der Waals surface area contributed by atoms with E-state index < -0.39 is 29.0 Å². The van der Waals surface area contributed by atoms with Crippen molar-refractivity contribution >= 4 is 29.2 Å². The van der Waals surface area contributed by atoms with E-state index in [1.54, 1.807) is 35.2 Å². The Balaban J connectivity index is 1.65. The molecular weight excluding hydrogens is 450 g/mol. The minimum atomic E-state index is -1.11. The van der Waals surface area contributed by atoms with Gasteiger partial charge in [0.1, 0.15) is 11.4 Å². The SMILES string of the molecule is O=C(NC(=S)NC1(c2ccc(F)cn2)CN(c2ncc(F)cn2)CC1CO)c1ccccc1. The van der Waals surface area contributed by atoms with Crippen LogP contribution in [0.15, 0.2) is 61.1 Å². The van der Waals surface area contributed by atoms with Crippen LogP contribution in [0.5, 0.6) is 0 Å². The Hall–Kier alpha value is -3.57. The van der Waals surface area contributed by atoms with Crippen LogP contribution in [-0.4, -0.2) is 50.8 Å². The topological polar surface area (TPSA) is 103 Å². The van der Waals surface area contributed by atoms with Crippen LogP contribution in [-0.2, 0) is 5.54 Å². The summed E-state index contributed by atoms with van der Waals surface area (Å²) in [6, 6.07) is 11.3. The van der Waals surface area contributed by atoms with Gasteiger partial charge in [-0.15, -0.1) is 0 Å². The van der Waals surface area contributed by atoms with Crippen molar-refractivity contribution in [3.63, 3.8) is 0 Å². The molecule has 2 aromatic heterocycles. The first-order chi connectivity index (χ1) is 15.9. The first kappa shape index (κ1) is 22.6. The maximum Gasteiger partial charge on any atom is 0.257 e. The van der Waals surface area contributed by atoms with E-state index in [-0.39, 0.29) is 30.8 Å². The minimum Gasteiger partial charge on any atom is -0.396 e. The fourth-order valence-electron chi connectivity index (χ4n) is 3.89. The molecule has 0 saturated carbocycles. The highest BCUT2D eigenvalue weighted by molar-refractivity contribution is 7.80. The number of anilines is 1. The van der Waals surface area contributed by atoms with Crippen molar-refractivity contribution in [2.24, 2.45) is 5.92 Å². The number of nitrogens with zero attached hydrogens (tertiary/aromatic N) is 4. The summed E-state index contributed by atoms with van der Waals surface area (Å²) < 4.78 is 26.9. The monoisotopic (exact) mass is 470 g/mol. The van der Waals surface area contributed by atoms with Gasteiger partial charge in [0.2, 0.25) is 5.95 Å². The molecule has 1 fully saturated rings. The second-order valence-corrected chi connectivity index (χ2v) is 7.98. The number of rotatable bonds is 5. The minimum absolute atomic E-state index is 0.00954. The molecule has 8 nitrogen and oxygen atoms in total. The molecule has 3 N–H and O–H groups in total. The summed E-state index contributed by atoms with van der Waals surface area (Å²) in [6.45, 7) is 0.173. The van der Waals surface area contributed by atoms with E-state index in [0.717, 1.165) is 18.6 Å². The number of hydrogen-bond acceptors (Lipinski definition) is 7. The first-order valence-electron chi connectivity index (χ1n) is 10.1. The highest BCUT2D eigenvalue weighted by atomic mass is 32.1. The van der Waals surface area contributed by atoms with Crippen LogP contribution in [0, 0.1) is 17.6 Å². The molecule has 4 rings (SSSR count). The summed E-state index contributed by atoms with van der Waals surface area (Å²) in [5.41, 5.74) is -0.285. The number of benzene rings is 1. The highest BCUT2D eigenvalue weighted by Crippen LogP contribution is 2.37. The lowest BCUT2D eigenvalue weighted by Gasteiger charge is -2.35. The van der Waals surface area contributed by atoms with Gasteiger partial charge in [0.05, 0.1) is 37.4 Å². The fourth-order valence-corrected chi connectivity index (χ4v) is 4.16. The molecule has 3 aromatic rings. The molecule has 1 aliphatic heterocycles. The second-order valence-electron chi connectivity index (χ2n) is 7.57. The normalized spacial score (nSPS) is 19.8. The molecule has 2 unspecified atom stereocenters. The molecule has 11 heteroatoms. The molecule has 0 spiro atoms. The lowest BCUT2D eigenvalue weighted by Crippen LogP contribution is -2.56. The maximum atomic E-state index is 13.6. The Morgan fingerprint density at radius 1 is 1.09 bits per heavy atom. The van der Waals surface area contributed by atoms with E-state index in [0.29, 0.717) is 11.3 Å². The number of aliphatic hydroxyl groups is 1. The highest BCUT2D eigenvalue weighted by Gasteiger charge is 2.50. The van der Waals surface area contributed by atoms with Crippen molar-refractivity contribution < 1.29 is 18.7 Å². The summed E-state index contributed by atoms with van der Waals surface area (Å²) in [5, 5.41) is 16.0.